The van der Waals surface area contributed by atoms with Gasteiger partial charge in [0.05, 0.1) is 0 Å². The standard InChI is InChI=1S/C15H26N2O2S/c1-4-10(2)14-15(19)17(9-8-13(18)16-14)11-6-5-7-12(11)20-3/h10-12,14H,4-9H2,1-3H3,(H,16,18). The van der Waals surface area contributed by atoms with Gasteiger partial charge in [-0.3, -0.25) is 9.59 Å². The van der Waals surface area contributed by atoms with Gasteiger partial charge in [-0.15, -0.1) is 0 Å². The summed E-state index contributed by atoms with van der Waals surface area (Å²) in [6.45, 7) is 4.70. The molecule has 2 fully saturated rings. The van der Waals surface area contributed by atoms with E-state index in [4.69, 9.17) is 0 Å². The number of carbonyl (C=O) groups excluding carboxylic acids is 2. The summed E-state index contributed by atoms with van der Waals surface area (Å²) in [6, 6.07) is -0.0186. The number of rotatable bonds is 4. The van der Waals surface area contributed by atoms with Crippen LogP contribution in [-0.4, -0.2) is 46.8 Å². The van der Waals surface area contributed by atoms with Crippen molar-refractivity contribution in [2.75, 3.05) is 12.8 Å². The molecule has 4 atom stereocenters. The van der Waals surface area contributed by atoms with E-state index in [1.807, 2.05) is 23.6 Å². The lowest BCUT2D eigenvalue weighted by molar-refractivity contribution is -0.136. The normalized spacial score (nSPS) is 33.0. The zero-order chi connectivity index (χ0) is 14.7. The molecule has 1 heterocycles. The first kappa shape index (κ1) is 15.7. The number of nitrogens with one attached hydrogen (secondary N) is 1. The van der Waals surface area contributed by atoms with Crippen molar-refractivity contribution in [3.05, 3.63) is 0 Å². The summed E-state index contributed by atoms with van der Waals surface area (Å²) < 4.78 is 0. The first-order chi connectivity index (χ1) is 9.58. The van der Waals surface area contributed by atoms with Crippen LogP contribution >= 0.6 is 11.8 Å². The first-order valence-corrected chi connectivity index (χ1v) is 8.99. The van der Waals surface area contributed by atoms with Crippen LogP contribution < -0.4 is 5.32 Å². The Hall–Kier alpha value is -0.710. The van der Waals surface area contributed by atoms with E-state index < -0.39 is 0 Å². The summed E-state index contributed by atoms with van der Waals surface area (Å²) in [5.74, 6) is 0.349. The van der Waals surface area contributed by atoms with Crippen LogP contribution in [0.15, 0.2) is 0 Å². The molecule has 0 aromatic rings. The van der Waals surface area contributed by atoms with E-state index in [-0.39, 0.29) is 23.8 Å². The van der Waals surface area contributed by atoms with Crippen molar-refractivity contribution < 1.29 is 9.59 Å². The lowest BCUT2D eigenvalue weighted by Crippen LogP contribution is -2.52. The SMILES string of the molecule is CCC(C)C1NC(=O)CCN(C2CCCC2SC)C1=O. The Bertz CT molecular complexity index is 375. The first-order valence-electron chi connectivity index (χ1n) is 7.71. The maximum absolute atomic E-state index is 12.8. The molecule has 1 saturated carbocycles. The summed E-state index contributed by atoms with van der Waals surface area (Å²) in [4.78, 5) is 26.7. The second kappa shape index (κ2) is 6.83. The number of thioether (sulfide) groups is 1. The molecule has 0 radical (unpaired) electrons. The molecular formula is C15H26N2O2S. The van der Waals surface area contributed by atoms with Crippen molar-refractivity contribution >= 4 is 23.6 Å². The fraction of sp³-hybridized carbons (Fsp3) is 0.867. The highest BCUT2D eigenvalue weighted by atomic mass is 32.2. The fourth-order valence-electron chi connectivity index (χ4n) is 3.31. The van der Waals surface area contributed by atoms with Crippen molar-refractivity contribution in [2.45, 2.75) is 63.3 Å². The number of carbonyl (C=O) groups is 2. The van der Waals surface area contributed by atoms with Crippen LogP contribution in [-0.2, 0) is 9.59 Å². The van der Waals surface area contributed by atoms with Gasteiger partial charge in [-0.2, -0.15) is 11.8 Å². The van der Waals surface area contributed by atoms with Crippen LogP contribution in [0.2, 0.25) is 0 Å². The van der Waals surface area contributed by atoms with Gasteiger partial charge in [0.15, 0.2) is 0 Å². The molecule has 2 amide bonds. The molecule has 1 aliphatic heterocycles. The number of hydrogen-bond donors (Lipinski definition) is 1. The molecule has 4 unspecified atom stereocenters. The van der Waals surface area contributed by atoms with Crippen LogP contribution in [0.4, 0.5) is 0 Å². The highest BCUT2D eigenvalue weighted by Gasteiger charge is 2.40. The largest absolute Gasteiger partial charge is 0.344 e. The average molecular weight is 298 g/mol. The zero-order valence-electron chi connectivity index (χ0n) is 12.7. The Morgan fingerprint density at radius 1 is 1.40 bits per heavy atom. The van der Waals surface area contributed by atoms with Gasteiger partial charge >= 0.3 is 0 Å². The smallest absolute Gasteiger partial charge is 0.245 e. The molecule has 114 valence electrons. The summed E-state index contributed by atoms with van der Waals surface area (Å²) in [5.41, 5.74) is 0. The highest BCUT2D eigenvalue weighted by Crippen LogP contribution is 2.33. The van der Waals surface area contributed by atoms with Gasteiger partial charge in [0, 0.05) is 24.3 Å². The molecular weight excluding hydrogens is 272 g/mol. The molecule has 1 N–H and O–H groups in total. The van der Waals surface area contributed by atoms with Crippen molar-refractivity contribution in [2.24, 2.45) is 5.92 Å². The van der Waals surface area contributed by atoms with Crippen molar-refractivity contribution in [1.29, 1.82) is 0 Å². The topological polar surface area (TPSA) is 49.4 Å². The molecule has 20 heavy (non-hydrogen) atoms. The fourth-order valence-corrected chi connectivity index (χ4v) is 4.31. The van der Waals surface area contributed by atoms with Crippen LogP contribution in [0.25, 0.3) is 0 Å². The van der Waals surface area contributed by atoms with Crippen molar-refractivity contribution in [3.63, 3.8) is 0 Å². The molecule has 0 bridgehead atoms. The minimum Gasteiger partial charge on any atom is -0.344 e. The van der Waals surface area contributed by atoms with E-state index in [1.165, 1.54) is 12.8 Å². The van der Waals surface area contributed by atoms with Crippen molar-refractivity contribution in [3.8, 4) is 0 Å². The zero-order valence-corrected chi connectivity index (χ0v) is 13.5. The minimum atomic E-state index is -0.335. The summed E-state index contributed by atoms with van der Waals surface area (Å²) >= 11 is 1.86. The Morgan fingerprint density at radius 3 is 2.80 bits per heavy atom. The maximum atomic E-state index is 12.8. The Labute approximate surface area is 126 Å². The molecule has 1 aliphatic carbocycles. The third kappa shape index (κ3) is 3.13. The van der Waals surface area contributed by atoms with Gasteiger partial charge in [-0.25, -0.2) is 0 Å². The summed E-state index contributed by atoms with van der Waals surface area (Å²) in [6.07, 6.45) is 6.93. The predicted molar refractivity (Wildman–Crippen MR) is 82.7 cm³/mol. The molecule has 1 saturated heterocycles. The average Bonchev–Trinajstić information content (AvgIpc) is 2.86. The monoisotopic (exact) mass is 298 g/mol. The molecule has 2 aliphatic rings. The second-order valence-corrected chi connectivity index (χ2v) is 7.06. The molecule has 2 rings (SSSR count). The van der Waals surface area contributed by atoms with Gasteiger partial charge in [-0.1, -0.05) is 26.7 Å². The third-order valence-electron chi connectivity index (χ3n) is 4.78. The van der Waals surface area contributed by atoms with Crippen LogP contribution in [0, 0.1) is 5.92 Å². The molecule has 0 spiro atoms. The van der Waals surface area contributed by atoms with Gasteiger partial charge in [0.1, 0.15) is 6.04 Å². The number of hydrogen-bond acceptors (Lipinski definition) is 3. The van der Waals surface area contributed by atoms with E-state index in [0.29, 0.717) is 24.3 Å². The summed E-state index contributed by atoms with van der Waals surface area (Å²) in [7, 11) is 0. The van der Waals surface area contributed by atoms with Gasteiger partial charge in [-0.05, 0) is 25.0 Å². The molecule has 0 aromatic carbocycles. The van der Waals surface area contributed by atoms with E-state index in [2.05, 4.69) is 18.5 Å². The lowest BCUT2D eigenvalue weighted by Gasteiger charge is -2.34. The minimum absolute atomic E-state index is 0.0184. The quantitative estimate of drug-likeness (QED) is 0.864. The molecule has 0 aromatic heterocycles. The second-order valence-electron chi connectivity index (χ2n) is 5.98. The van der Waals surface area contributed by atoms with Gasteiger partial charge in [0.25, 0.3) is 0 Å². The third-order valence-corrected chi connectivity index (χ3v) is 5.93. The molecule has 4 nitrogen and oxygen atoms in total. The van der Waals surface area contributed by atoms with E-state index in [0.717, 1.165) is 12.8 Å². The number of amides is 2. The Morgan fingerprint density at radius 2 is 2.15 bits per heavy atom. The van der Waals surface area contributed by atoms with E-state index in [1.54, 1.807) is 0 Å². The Balaban J connectivity index is 2.18. The lowest BCUT2D eigenvalue weighted by atomic mass is 9.97. The van der Waals surface area contributed by atoms with Crippen LogP contribution in [0.5, 0.6) is 0 Å². The molecule has 5 heteroatoms. The number of nitrogens with zero attached hydrogens (tertiary/aromatic N) is 1. The van der Waals surface area contributed by atoms with Crippen LogP contribution in [0.3, 0.4) is 0 Å². The van der Waals surface area contributed by atoms with Gasteiger partial charge < -0.3 is 10.2 Å². The maximum Gasteiger partial charge on any atom is 0.245 e. The predicted octanol–water partition coefficient (Wildman–Crippen LogP) is 2.03. The van der Waals surface area contributed by atoms with E-state index >= 15 is 0 Å². The van der Waals surface area contributed by atoms with Gasteiger partial charge in [0.2, 0.25) is 11.8 Å². The summed E-state index contributed by atoms with van der Waals surface area (Å²) in [5, 5.41) is 3.46. The van der Waals surface area contributed by atoms with E-state index in [9.17, 15) is 9.59 Å². The van der Waals surface area contributed by atoms with Crippen molar-refractivity contribution in [1.82, 2.24) is 10.2 Å². The van der Waals surface area contributed by atoms with Crippen LogP contribution in [0.1, 0.15) is 46.0 Å². The Kier molecular flexibility index (Phi) is 5.35. The highest BCUT2D eigenvalue weighted by molar-refractivity contribution is 7.99.